The second-order valence-electron chi connectivity index (χ2n) is 3.40. The molecule has 0 fully saturated rings. The summed E-state index contributed by atoms with van der Waals surface area (Å²) < 4.78 is 6.60. The minimum Gasteiger partial charge on any atom is -0.494 e. The fourth-order valence-corrected chi connectivity index (χ4v) is 1.71. The molecule has 0 N–H and O–H groups in total. The summed E-state index contributed by atoms with van der Waals surface area (Å²) in [6.45, 7) is 0. The normalized spacial score (nSPS) is 10.3. The molecule has 1 aromatic heterocycles. The summed E-state index contributed by atoms with van der Waals surface area (Å²) in [5.74, 6) is 0.492. The third-order valence-electron chi connectivity index (χ3n) is 2.30. The van der Waals surface area contributed by atoms with Crippen LogP contribution in [0, 0.1) is 10.1 Å². The van der Waals surface area contributed by atoms with E-state index in [-0.39, 0.29) is 5.69 Å². The molecule has 0 amide bonds. The van der Waals surface area contributed by atoms with E-state index in [2.05, 4.69) is 26.2 Å². The quantitative estimate of drug-likeness (QED) is 0.490. The van der Waals surface area contributed by atoms with Crippen LogP contribution in [0.15, 0.2) is 24.4 Å². The maximum atomic E-state index is 10.8. The van der Waals surface area contributed by atoms with Crippen LogP contribution >= 0.6 is 15.9 Å². The number of halogens is 1. The number of benzene rings is 1. The Balaban J connectivity index is 2.52. The number of non-ortho nitro benzene ring substituents is 1. The molecule has 2 rings (SSSR count). The maximum absolute atomic E-state index is 10.8. The van der Waals surface area contributed by atoms with Crippen molar-refractivity contribution in [1.29, 1.82) is 0 Å². The molecule has 1 heterocycles. The Morgan fingerprint density at radius 3 is 2.89 bits per heavy atom. The van der Waals surface area contributed by atoms with Crippen LogP contribution in [0.3, 0.4) is 0 Å². The molecule has 0 atom stereocenters. The van der Waals surface area contributed by atoms with Gasteiger partial charge in [-0.15, -0.1) is 5.10 Å². The monoisotopic (exact) mass is 312 g/mol. The zero-order valence-corrected chi connectivity index (χ0v) is 11.0. The highest BCUT2D eigenvalue weighted by Crippen LogP contribution is 2.27. The Kier molecular flexibility index (Phi) is 3.56. The molecule has 0 aliphatic heterocycles. The molecule has 7 nitrogen and oxygen atoms in total. The van der Waals surface area contributed by atoms with Gasteiger partial charge in [0.2, 0.25) is 0 Å². The van der Waals surface area contributed by atoms with Crippen LogP contribution in [0.5, 0.6) is 5.75 Å². The molecule has 2 aromatic rings. The molecular weight excluding hydrogens is 304 g/mol. The van der Waals surface area contributed by atoms with Gasteiger partial charge < -0.3 is 4.74 Å². The van der Waals surface area contributed by atoms with Gasteiger partial charge in [0, 0.05) is 17.5 Å². The van der Waals surface area contributed by atoms with Crippen molar-refractivity contribution in [3.05, 3.63) is 40.2 Å². The standard InChI is InChI=1S/C10H9BrN4O3/c1-18-10-3-2-8(15(16)17)4-9(10)14-6-7(5-11)12-13-14/h2-4,6H,5H2,1H3. The van der Waals surface area contributed by atoms with Gasteiger partial charge in [-0.05, 0) is 6.07 Å². The lowest BCUT2D eigenvalue weighted by Gasteiger charge is -2.06. The third kappa shape index (κ3) is 2.33. The van der Waals surface area contributed by atoms with E-state index < -0.39 is 4.92 Å². The number of hydrogen-bond acceptors (Lipinski definition) is 5. The molecular formula is C10H9BrN4O3. The highest BCUT2D eigenvalue weighted by molar-refractivity contribution is 9.08. The average molecular weight is 313 g/mol. The lowest BCUT2D eigenvalue weighted by Crippen LogP contribution is -2.00. The molecule has 0 aliphatic rings. The zero-order chi connectivity index (χ0) is 13.1. The van der Waals surface area contributed by atoms with Crippen molar-refractivity contribution in [3.8, 4) is 11.4 Å². The second-order valence-corrected chi connectivity index (χ2v) is 3.96. The first-order valence-electron chi connectivity index (χ1n) is 4.95. The molecule has 8 heteroatoms. The molecule has 1 aromatic carbocycles. The highest BCUT2D eigenvalue weighted by atomic mass is 79.9. The molecule has 0 radical (unpaired) electrons. The third-order valence-corrected chi connectivity index (χ3v) is 2.87. The number of nitro benzene ring substituents is 1. The summed E-state index contributed by atoms with van der Waals surface area (Å²) in [6.07, 6.45) is 1.68. The predicted molar refractivity (Wildman–Crippen MR) is 67.2 cm³/mol. The first-order valence-corrected chi connectivity index (χ1v) is 6.08. The molecule has 0 bridgehead atoms. The Hall–Kier alpha value is -1.96. The minimum absolute atomic E-state index is 0.0262. The van der Waals surface area contributed by atoms with Gasteiger partial charge in [-0.2, -0.15) is 0 Å². The van der Waals surface area contributed by atoms with Gasteiger partial charge in [-0.3, -0.25) is 10.1 Å². The SMILES string of the molecule is COc1ccc([N+](=O)[O-])cc1-n1cc(CBr)nn1. The summed E-state index contributed by atoms with van der Waals surface area (Å²) in [5.41, 5.74) is 1.18. The van der Waals surface area contributed by atoms with Crippen LogP contribution in [0.2, 0.25) is 0 Å². The highest BCUT2D eigenvalue weighted by Gasteiger charge is 2.14. The number of rotatable bonds is 4. The number of ether oxygens (including phenoxy) is 1. The van der Waals surface area contributed by atoms with Crippen molar-refractivity contribution < 1.29 is 9.66 Å². The van der Waals surface area contributed by atoms with Crippen LogP contribution in [-0.2, 0) is 5.33 Å². The van der Waals surface area contributed by atoms with Gasteiger partial charge in [-0.25, -0.2) is 4.68 Å². The summed E-state index contributed by atoms with van der Waals surface area (Å²) in [6, 6.07) is 4.30. The summed E-state index contributed by atoms with van der Waals surface area (Å²) >= 11 is 3.26. The minimum atomic E-state index is -0.467. The smallest absolute Gasteiger partial charge is 0.271 e. The van der Waals surface area contributed by atoms with Crippen molar-refractivity contribution in [1.82, 2.24) is 15.0 Å². The largest absolute Gasteiger partial charge is 0.494 e. The van der Waals surface area contributed by atoms with E-state index in [0.717, 1.165) is 5.69 Å². The maximum Gasteiger partial charge on any atom is 0.271 e. The van der Waals surface area contributed by atoms with Crippen molar-refractivity contribution >= 4 is 21.6 Å². The molecule has 0 unspecified atom stereocenters. The second kappa shape index (κ2) is 5.13. The summed E-state index contributed by atoms with van der Waals surface area (Å²) in [4.78, 5) is 10.3. The average Bonchev–Trinajstić information content (AvgIpc) is 2.86. The van der Waals surface area contributed by atoms with Gasteiger partial charge in [0.1, 0.15) is 11.4 Å². The van der Waals surface area contributed by atoms with Crippen LogP contribution in [0.25, 0.3) is 5.69 Å². The van der Waals surface area contributed by atoms with Crippen LogP contribution in [0.4, 0.5) is 5.69 Å². The van der Waals surface area contributed by atoms with Gasteiger partial charge in [-0.1, -0.05) is 21.1 Å². The molecule has 18 heavy (non-hydrogen) atoms. The molecule has 0 aliphatic carbocycles. The first-order chi connectivity index (χ1) is 8.65. The summed E-state index contributed by atoms with van der Waals surface area (Å²) in [7, 11) is 1.49. The van der Waals surface area contributed by atoms with Gasteiger partial charge >= 0.3 is 0 Å². The van der Waals surface area contributed by atoms with E-state index in [1.54, 1.807) is 6.20 Å². The number of aromatic nitrogens is 3. The Labute approximate surface area is 111 Å². The molecule has 0 saturated carbocycles. The molecule has 0 spiro atoms. The summed E-state index contributed by atoms with van der Waals surface area (Å²) in [5, 5.41) is 19.1. The number of methoxy groups -OCH3 is 1. The molecule has 94 valence electrons. The van der Waals surface area contributed by atoms with Gasteiger partial charge in [0.05, 0.1) is 23.9 Å². The van der Waals surface area contributed by atoms with Crippen LogP contribution in [0.1, 0.15) is 5.69 Å². The van der Waals surface area contributed by atoms with E-state index in [9.17, 15) is 10.1 Å². The van der Waals surface area contributed by atoms with Crippen molar-refractivity contribution in [3.63, 3.8) is 0 Å². The van der Waals surface area contributed by atoms with Gasteiger partial charge in [0.15, 0.2) is 0 Å². The lowest BCUT2D eigenvalue weighted by atomic mass is 10.2. The Bertz CT molecular complexity index is 584. The van der Waals surface area contributed by atoms with E-state index in [1.165, 1.54) is 30.0 Å². The van der Waals surface area contributed by atoms with Crippen LogP contribution in [-0.4, -0.2) is 27.0 Å². The molecule has 0 saturated heterocycles. The van der Waals surface area contributed by atoms with Crippen molar-refractivity contribution in [2.75, 3.05) is 7.11 Å². The van der Waals surface area contributed by atoms with E-state index in [0.29, 0.717) is 16.8 Å². The van der Waals surface area contributed by atoms with E-state index >= 15 is 0 Å². The zero-order valence-electron chi connectivity index (χ0n) is 9.41. The number of hydrogen-bond donors (Lipinski definition) is 0. The number of nitro groups is 1. The Morgan fingerprint density at radius 1 is 1.56 bits per heavy atom. The Morgan fingerprint density at radius 2 is 2.33 bits per heavy atom. The van der Waals surface area contributed by atoms with E-state index in [1.807, 2.05) is 0 Å². The lowest BCUT2D eigenvalue weighted by molar-refractivity contribution is -0.384. The van der Waals surface area contributed by atoms with E-state index in [4.69, 9.17) is 4.74 Å². The first kappa shape index (κ1) is 12.5. The predicted octanol–water partition coefficient (Wildman–Crippen LogP) is 2.08. The topological polar surface area (TPSA) is 83.1 Å². The fraction of sp³-hybridized carbons (Fsp3) is 0.200. The van der Waals surface area contributed by atoms with Crippen LogP contribution < -0.4 is 4.74 Å². The fourth-order valence-electron chi connectivity index (χ4n) is 1.45. The number of alkyl halides is 1. The van der Waals surface area contributed by atoms with Gasteiger partial charge in [0.25, 0.3) is 5.69 Å². The number of nitrogens with zero attached hydrogens (tertiary/aromatic N) is 4. The van der Waals surface area contributed by atoms with Crippen molar-refractivity contribution in [2.45, 2.75) is 5.33 Å². The van der Waals surface area contributed by atoms with Crippen molar-refractivity contribution in [2.24, 2.45) is 0 Å².